The fourth-order valence-corrected chi connectivity index (χ4v) is 0.669. The number of carbonyl (C=O) groups excluding carboxylic acids is 1. The van der Waals surface area contributed by atoms with E-state index in [0.29, 0.717) is 5.76 Å². The zero-order valence-corrected chi connectivity index (χ0v) is 6.94. The fraction of sp³-hybridized carbons (Fsp3) is 0.125. The normalized spacial score (nSPS) is 9.85. The molecular formula is C8H7N3O2. The highest BCUT2D eigenvalue weighted by Crippen LogP contribution is 2.02. The van der Waals surface area contributed by atoms with Gasteiger partial charge in [-0.25, -0.2) is 5.43 Å². The first kappa shape index (κ1) is 9.00. The van der Waals surface area contributed by atoms with Gasteiger partial charge in [0.1, 0.15) is 11.8 Å². The number of carbonyl (C=O) groups is 1. The number of hydrazone groups is 1. The van der Waals surface area contributed by atoms with Crippen molar-refractivity contribution in [2.75, 3.05) is 0 Å². The Labute approximate surface area is 74.7 Å². The van der Waals surface area contributed by atoms with Gasteiger partial charge in [0.05, 0.1) is 6.21 Å². The molecule has 5 nitrogen and oxygen atoms in total. The predicted octanol–water partition coefficient (Wildman–Crippen LogP) is 0.621. The molecular weight excluding hydrogens is 170 g/mol. The average molecular weight is 177 g/mol. The predicted molar refractivity (Wildman–Crippen MR) is 44.8 cm³/mol. The lowest BCUT2D eigenvalue weighted by atomic mass is 10.4. The van der Waals surface area contributed by atoms with Gasteiger partial charge in [-0.15, -0.1) is 0 Å². The summed E-state index contributed by atoms with van der Waals surface area (Å²) in [4.78, 5) is 10.4. The van der Waals surface area contributed by atoms with E-state index in [-0.39, 0.29) is 11.7 Å². The molecule has 13 heavy (non-hydrogen) atoms. The monoisotopic (exact) mass is 177 g/mol. The topological polar surface area (TPSA) is 78.4 Å². The van der Waals surface area contributed by atoms with Crippen molar-refractivity contribution in [1.82, 2.24) is 5.43 Å². The second kappa shape index (κ2) is 4.07. The summed E-state index contributed by atoms with van der Waals surface area (Å²) in [5.74, 6) is 0.373. The van der Waals surface area contributed by atoms with Gasteiger partial charge in [0.25, 0.3) is 0 Å². The Kier molecular flexibility index (Phi) is 2.82. The van der Waals surface area contributed by atoms with Gasteiger partial charge in [0.15, 0.2) is 0 Å². The van der Waals surface area contributed by atoms with Gasteiger partial charge in [0, 0.05) is 6.92 Å². The second-order valence-corrected chi connectivity index (χ2v) is 2.24. The molecule has 1 rings (SSSR count). The zero-order valence-electron chi connectivity index (χ0n) is 6.94. The van der Waals surface area contributed by atoms with E-state index in [1.165, 1.54) is 19.2 Å². The third kappa shape index (κ3) is 2.79. The standard InChI is InChI=1S/C8H7N3O2/c1-6(12)11-10-5-8-3-2-7(4-9)13-8/h2-3,5H,1H3,(H,11,12)/b10-5+. The Bertz CT molecular complexity index is 373. The molecule has 0 spiro atoms. The summed E-state index contributed by atoms with van der Waals surface area (Å²) in [5, 5.41) is 12.0. The minimum atomic E-state index is -0.261. The smallest absolute Gasteiger partial charge is 0.236 e. The van der Waals surface area contributed by atoms with Crippen LogP contribution in [-0.2, 0) is 4.79 Å². The number of hydrogen-bond acceptors (Lipinski definition) is 4. The molecule has 0 aliphatic heterocycles. The van der Waals surface area contributed by atoms with Crippen LogP contribution in [0.4, 0.5) is 0 Å². The molecule has 0 atom stereocenters. The number of rotatable bonds is 2. The molecule has 1 amide bonds. The summed E-state index contributed by atoms with van der Waals surface area (Å²) < 4.78 is 4.95. The summed E-state index contributed by atoms with van der Waals surface area (Å²) in [6.45, 7) is 1.35. The summed E-state index contributed by atoms with van der Waals surface area (Å²) in [6, 6.07) is 4.94. The van der Waals surface area contributed by atoms with Crippen LogP contribution in [0.1, 0.15) is 18.4 Å². The third-order valence-electron chi connectivity index (χ3n) is 1.15. The first-order valence-electron chi connectivity index (χ1n) is 3.52. The van der Waals surface area contributed by atoms with Gasteiger partial charge in [-0.1, -0.05) is 0 Å². The molecule has 0 bridgehead atoms. The first-order chi connectivity index (χ1) is 6.22. The molecule has 0 aliphatic carbocycles. The van der Waals surface area contributed by atoms with Crippen molar-refractivity contribution in [3.63, 3.8) is 0 Å². The van der Waals surface area contributed by atoms with Crippen molar-refractivity contribution in [3.8, 4) is 6.07 Å². The van der Waals surface area contributed by atoms with Crippen LogP contribution >= 0.6 is 0 Å². The molecule has 0 aliphatic rings. The summed E-state index contributed by atoms with van der Waals surface area (Å²) in [7, 11) is 0. The Morgan fingerprint density at radius 1 is 1.77 bits per heavy atom. The third-order valence-corrected chi connectivity index (χ3v) is 1.15. The number of nitrogens with one attached hydrogen (secondary N) is 1. The molecule has 1 heterocycles. The SMILES string of the molecule is CC(=O)N/N=C/c1ccc(C#N)o1. The number of nitrogens with zero attached hydrogens (tertiary/aromatic N) is 2. The van der Waals surface area contributed by atoms with Gasteiger partial charge in [-0.2, -0.15) is 10.4 Å². The molecule has 5 heteroatoms. The van der Waals surface area contributed by atoms with Crippen LogP contribution in [0, 0.1) is 11.3 Å². The van der Waals surface area contributed by atoms with Gasteiger partial charge >= 0.3 is 0 Å². The van der Waals surface area contributed by atoms with Crippen LogP contribution < -0.4 is 5.43 Å². The van der Waals surface area contributed by atoms with Gasteiger partial charge in [-0.3, -0.25) is 4.79 Å². The minimum Gasteiger partial charge on any atom is -0.445 e. The Morgan fingerprint density at radius 2 is 2.54 bits per heavy atom. The van der Waals surface area contributed by atoms with Crippen molar-refractivity contribution in [2.45, 2.75) is 6.92 Å². The summed E-state index contributed by atoms with van der Waals surface area (Å²) in [5.41, 5.74) is 2.21. The van der Waals surface area contributed by atoms with Gasteiger partial charge in [0.2, 0.25) is 11.7 Å². The van der Waals surface area contributed by atoms with Crippen LogP contribution in [0.2, 0.25) is 0 Å². The van der Waals surface area contributed by atoms with Crippen molar-refractivity contribution < 1.29 is 9.21 Å². The summed E-state index contributed by atoms with van der Waals surface area (Å²) >= 11 is 0. The van der Waals surface area contributed by atoms with Crippen LogP contribution in [0.5, 0.6) is 0 Å². The molecule has 0 saturated heterocycles. The maximum atomic E-state index is 10.4. The van der Waals surface area contributed by atoms with Gasteiger partial charge < -0.3 is 4.42 Å². The Balaban J connectivity index is 2.60. The highest BCUT2D eigenvalue weighted by atomic mass is 16.3. The lowest BCUT2D eigenvalue weighted by Crippen LogP contribution is -2.12. The van der Waals surface area contributed by atoms with E-state index in [1.807, 2.05) is 6.07 Å². The number of hydrogen-bond donors (Lipinski definition) is 1. The maximum absolute atomic E-state index is 10.4. The second-order valence-electron chi connectivity index (χ2n) is 2.24. The fourth-order valence-electron chi connectivity index (χ4n) is 0.669. The van der Waals surface area contributed by atoms with Crippen LogP contribution in [0.25, 0.3) is 0 Å². The zero-order chi connectivity index (χ0) is 9.68. The molecule has 1 aromatic heterocycles. The van der Waals surface area contributed by atoms with Crippen LogP contribution in [0.15, 0.2) is 21.7 Å². The Hall–Kier alpha value is -2.09. The molecule has 66 valence electrons. The lowest BCUT2D eigenvalue weighted by molar-refractivity contribution is -0.118. The van der Waals surface area contributed by atoms with E-state index < -0.39 is 0 Å². The van der Waals surface area contributed by atoms with Crippen molar-refractivity contribution in [3.05, 3.63) is 23.7 Å². The van der Waals surface area contributed by atoms with Gasteiger partial charge in [-0.05, 0) is 12.1 Å². The lowest BCUT2D eigenvalue weighted by Gasteiger charge is -1.88. The van der Waals surface area contributed by atoms with E-state index in [4.69, 9.17) is 9.68 Å². The molecule has 0 unspecified atom stereocenters. The van der Waals surface area contributed by atoms with E-state index in [9.17, 15) is 4.79 Å². The molecule has 0 radical (unpaired) electrons. The quantitative estimate of drug-likeness (QED) is 0.531. The van der Waals surface area contributed by atoms with E-state index in [1.54, 1.807) is 6.07 Å². The number of amides is 1. The van der Waals surface area contributed by atoms with E-state index in [2.05, 4.69) is 10.5 Å². The highest BCUT2D eigenvalue weighted by Gasteiger charge is 1.96. The van der Waals surface area contributed by atoms with Crippen molar-refractivity contribution in [1.29, 1.82) is 5.26 Å². The van der Waals surface area contributed by atoms with Crippen molar-refractivity contribution in [2.24, 2.45) is 5.10 Å². The van der Waals surface area contributed by atoms with E-state index in [0.717, 1.165) is 0 Å². The van der Waals surface area contributed by atoms with Crippen LogP contribution in [0.3, 0.4) is 0 Å². The summed E-state index contributed by atoms with van der Waals surface area (Å²) in [6.07, 6.45) is 1.32. The number of furan rings is 1. The largest absolute Gasteiger partial charge is 0.445 e. The molecule has 1 N–H and O–H groups in total. The van der Waals surface area contributed by atoms with Crippen molar-refractivity contribution >= 4 is 12.1 Å². The molecule has 0 aromatic carbocycles. The average Bonchev–Trinajstić information content (AvgIpc) is 2.52. The highest BCUT2D eigenvalue weighted by molar-refractivity contribution is 5.79. The molecule has 0 saturated carbocycles. The molecule has 1 aromatic rings. The maximum Gasteiger partial charge on any atom is 0.236 e. The Morgan fingerprint density at radius 3 is 3.08 bits per heavy atom. The molecule has 0 fully saturated rings. The van der Waals surface area contributed by atoms with Crippen LogP contribution in [-0.4, -0.2) is 12.1 Å². The number of nitriles is 1. The minimum absolute atomic E-state index is 0.212. The van der Waals surface area contributed by atoms with E-state index >= 15 is 0 Å². The first-order valence-corrected chi connectivity index (χ1v) is 3.52.